The van der Waals surface area contributed by atoms with Gasteiger partial charge < -0.3 is 19.4 Å². The number of aromatic nitrogens is 3. The van der Waals surface area contributed by atoms with Crippen molar-refractivity contribution in [2.75, 3.05) is 75.3 Å². The van der Waals surface area contributed by atoms with Crippen LogP contribution in [0, 0.1) is 0 Å². The molecular weight excluding hydrogens is 486 g/mol. The van der Waals surface area contributed by atoms with E-state index in [9.17, 15) is 4.79 Å². The Bertz CT molecular complexity index is 938. The predicted molar refractivity (Wildman–Crippen MR) is 130 cm³/mol. The van der Waals surface area contributed by atoms with Crippen LogP contribution < -0.4 is 9.80 Å². The fourth-order valence-electron chi connectivity index (χ4n) is 4.74. The normalized spacial score (nSPS) is 22.1. The van der Waals surface area contributed by atoms with Gasteiger partial charge in [0.05, 0.1) is 11.7 Å². The fraction of sp³-hybridized carbons (Fsp3) is 0.565. The highest BCUT2D eigenvalue weighted by molar-refractivity contribution is 9.10. The Morgan fingerprint density at radius 1 is 0.970 bits per heavy atom. The van der Waals surface area contributed by atoms with Gasteiger partial charge in [-0.2, -0.15) is 0 Å². The summed E-state index contributed by atoms with van der Waals surface area (Å²) < 4.78 is 6.59. The van der Waals surface area contributed by atoms with Crippen molar-refractivity contribution < 1.29 is 9.53 Å². The van der Waals surface area contributed by atoms with Crippen LogP contribution in [0.1, 0.15) is 23.2 Å². The average Bonchev–Trinajstić information content (AvgIpc) is 3.37. The lowest BCUT2D eigenvalue weighted by atomic mass is 10.2. The van der Waals surface area contributed by atoms with Gasteiger partial charge in [0.2, 0.25) is 0 Å². The van der Waals surface area contributed by atoms with E-state index in [-0.39, 0.29) is 5.91 Å². The molecule has 5 rings (SSSR count). The molecule has 2 aromatic heterocycles. The van der Waals surface area contributed by atoms with Gasteiger partial charge in [-0.25, -0.2) is 0 Å². The van der Waals surface area contributed by atoms with Crippen LogP contribution in [-0.2, 0) is 4.74 Å². The number of rotatable bonds is 5. The van der Waals surface area contributed by atoms with E-state index >= 15 is 0 Å². The number of amides is 1. The minimum Gasteiger partial charge on any atom is -0.377 e. The second-order valence-corrected chi connectivity index (χ2v) is 9.76. The van der Waals surface area contributed by atoms with Gasteiger partial charge in [0.15, 0.2) is 11.6 Å². The molecule has 1 amide bonds. The van der Waals surface area contributed by atoms with Gasteiger partial charge in [0, 0.05) is 82.4 Å². The maximum atomic E-state index is 12.7. The molecule has 3 aliphatic rings. The Morgan fingerprint density at radius 2 is 1.64 bits per heavy atom. The summed E-state index contributed by atoms with van der Waals surface area (Å²) in [7, 11) is 0. The van der Waals surface area contributed by atoms with E-state index in [2.05, 4.69) is 57.9 Å². The van der Waals surface area contributed by atoms with Gasteiger partial charge in [0.1, 0.15) is 0 Å². The second-order valence-electron chi connectivity index (χ2n) is 8.84. The highest BCUT2D eigenvalue weighted by atomic mass is 79.9. The number of anilines is 2. The zero-order valence-corrected chi connectivity index (χ0v) is 20.4. The Balaban J connectivity index is 1.11. The van der Waals surface area contributed by atoms with Crippen LogP contribution >= 0.6 is 15.9 Å². The molecule has 9 nitrogen and oxygen atoms in total. The topological polar surface area (TPSA) is 77.9 Å². The third-order valence-electron chi connectivity index (χ3n) is 6.66. The van der Waals surface area contributed by atoms with E-state index in [1.807, 2.05) is 11.0 Å². The summed E-state index contributed by atoms with van der Waals surface area (Å²) in [5, 5.41) is 9.01. The second kappa shape index (κ2) is 10.3. The molecule has 3 aliphatic heterocycles. The number of piperazine rings is 2. The first-order valence-electron chi connectivity index (χ1n) is 11.7. The number of nitrogens with zero attached hydrogens (tertiary/aromatic N) is 7. The quantitative estimate of drug-likeness (QED) is 0.597. The molecule has 10 heteroatoms. The molecule has 33 heavy (non-hydrogen) atoms. The van der Waals surface area contributed by atoms with Crippen molar-refractivity contribution in [3.05, 3.63) is 40.6 Å². The summed E-state index contributed by atoms with van der Waals surface area (Å²) in [5.74, 6) is 1.82. The third-order valence-corrected chi connectivity index (χ3v) is 7.09. The van der Waals surface area contributed by atoms with Crippen LogP contribution in [0.5, 0.6) is 0 Å². The van der Waals surface area contributed by atoms with Crippen molar-refractivity contribution in [1.29, 1.82) is 0 Å². The minimum absolute atomic E-state index is 0.0171. The predicted octanol–water partition coefficient (Wildman–Crippen LogP) is 1.90. The van der Waals surface area contributed by atoms with E-state index in [0.29, 0.717) is 24.8 Å². The molecule has 0 spiro atoms. The Morgan fingerprint density at radius 3 is 2.21 bits per heavy atom. The number of hydrogen-bond acceptors (Lipinski definition) is 8. The van der Waals surface area contributed by atoms with Crippen LogP contribution in [0.2, 0.25) is 0 Å². The van der Waals surface area contributed by atoms with Crippen LogP contribution in [0.3, 0.4) is 0 Å². The summed E-state index contributed by atoms with van der Waals surface area (Å²) in [4.78, 5) is 25.7. The molecule has 0 aliphatic carbocycles. The van der Waals surface area contributed by atoms with Gasteiger partial charge in [-0.15, -0.1) is 10.2 Å². The lowest BCUT2D eigenvalue weighted by Gasteiger charge is -2.37. The third kappa shape index (κ3) is 5.44. The maximum absolute atomic E-state index is 12.7. The van der Waals surface area contributed by atoms with Crippen molar-refractivity contribution in [1.82, 2.24) is 25.0 Å². The summed E-state index contributed by atoms with van der Waals surface area (Å²) in [6.45, 7) is 8.75. The summed E-state index contributed by atoms with van der Waals surface area (Å²) >= 11 is 3.38. The first-order chi connectivity index (χ1) is 16.2. The summed E-state index contributed by atoms with van der Waals surface area (Å²) in [6, 6.07) is 5.94. The van der Waals surface area contributed by atoms with Gasteiger partial charge >= 0.3 is 0 Å². The number of hydrogen-bond donors (Lipinski definition) is 0. The zero-order chi connectivity index (χ0) is 22.6. The SMILES string of the molecule is O=C(c1cncc(Br)c1)N1CCN(c2ccc(N3CCN(CC4CCCO4)CC3)nn2)CC1. The number of ether oxygens (including phenoxy) is 1. The van der Waals surface area contributed by atoms with Crippen molar-refractivity contribution in [3.8, 4) is 0 Å². The number of pyridine rings is 1. The average molecular weight is 516 g/mol. The highest BCUT2D eigenvalue weighted by Gasteiger charge is 2.25. The standard InChI is InChI=1S/C23H30BrN7O2/c24-19-14-18(15-25-16-19)23(32)31-11-9-30(10-12-31)22-4-3-21(26-27-22)29-7-5-28(6-8-29)17-20-2-1-13-33-20/h3-4,14-16,20H,1-2,5-13,17H2. The molecule has 3 saturated heterocycles. The van der Waals surface area contributed by atoms with Crippen LogP contribution in [0.4, 0.5) is 11.6 Å². The molecule has 0 bridgehead atoms. The minimum atomic E-state index is 0.0171. The molecule has 0 radical (unpaired) electrons. The largest absolute Gasteiger partial charge is 0.377 e. The highest BCUT2D eigenvalue weighted by Crippen LogP contribution is 2.20. The molecular formula is C23H30BrN7O2. The van der Waals surface area contributed by atoms with E-state index in [1.54, 1.807) is 12.4 Å². The Hall–Kier alpha value is -2.30. The lowest BCUT2D eigenvalue weighted by molar-refractivity contribution is 0.0712. The van der Waals surface area contributed by atoms with Crippen LogP contribution in [0.15, 0.2) is 35.1 Å². The molecule has 1 atom stereocenters. The van der Waals surface area contributed by atoms with E-state index in [1.165, 1.54) is 12.8 Å². The number of halogens is 1. The van der Waals surface area contributed by atoms with Crippen LogP contribution in [0.25, 0.3) is 0 Å². The van der Waals surface area contributed by atoms with Crippen molar-refractivity contribution in [2.24, 2.45) is 0 Å². The van der Waals surface area contributed by atoms with E-state index < -0.39 is 0 Å². The molecule has 0 N–H and O–H groups in total. The first kappa shape index (κ1) is 22.5. The zero-order valence-electron chi connectivity index (χ0n) is 18.8. The van der Waals surface area contributed by atoms with Gasteiger partial charge in [0.25, 0.3) is 5.91 Å². The molecule has 0 saturated carbocycles. The molecule has 3 fully saturated rings. The van der Waals surface area contributed by atoms with Crippen LogP contribution in [-0.4, -0.2) is 103 Å². The molecule has 2 aromatic rings. The van der Waals surface area contributed by atoms with Crippen molar-refractivity contribution in [2.45, 2.75) is 18.9 Å². The van der Waals surface area contributed by atoms with Crippen molar-refractivity contribution in [3.63, 3.8) is 0 Å². The number of carbonyl (C=O) groups is 1. The molecule has 176 valence electrons. The Labute approximate surface area is 202 Å². The molecule has 0 aromatic carbocycles. The maximum Gasteiger partial charge on any atom is 0.255 e. The lowest BCUT2D eigenvalue weighted by Crippen LogP contribution is -2.49. The van der Waals surface area contributed by atoms with Gasteiger partial charge in [-0.1, -0.05) is 0 Å². The molecule has 1 unspecified atom stereocenters. The Kier molecular flexibility index (Phi) is 7.03. The monoisotopic (exact) mass is 515 g/mol. The smallest absolute Gasteiger partial charge is 0.255 e. The summed E-state index contributed by atoms with van der Waals surface area (Å²) in [6.07, 6.45) is 6.10. The first-order valence-corrected chi connectivity index (χ1v) is 12.5. The van der Waals surface area contributed by atoms with E-state index in [4.69, 9.17) is 4.74 Å². The number of carbonyl (C=O) groups excluding carboxylic acids is 1. The van der Waals surface area contributed by atoms with Gasteiger partial charge in [-0.05, 0) is 47.0 Å². The fourth-order valence-corrected chi connectivity index (χ4v) is 5.11. The van der Waals surface area contributed by atoms with Gasteiger partial charge in [-0.3, -0.25) is 14.7 Å². The van der Waals surface area contributed by atoms with Crippen molar-refractivity contribution >= 4 is 33.5 Å². The summed E-state index contributed by atoms with van der Waals surface area (Å²) in [5.41, 5.74) is 0.609. The molecule has 5 heterocycles. The van der Waals surface area contributed by atoms with E-state index in [0.717, 1.165) is 68.5 Å².